The third kappa shape index (κ3) is 7.19. The van der Waals surface area contributed by atoms with Gasteiger partial charge < -0.3 is 26.6 Å². The summed E-state index contributed by atoms with van der Waals surface area (Å²) in [6, 6.07) is 13.0. The molecule has 0 spiro atoms. The summed E-state index contributed by atoms with van der Waals surface area (Å²) in [7, 11) is 1.74. The van der Waals surface area contributed by atoms with Crippen molar-refractivity contribution in [3.05, 3.63) is 47.7 Å². The Morgan fingerprint density at radius 2 is 1.85 bits per heavy atom. The molecule has 1 amide bonds. The second kappa shape index (κ2) is 11.4. The van der Waals surface area contributed by atoms with Gasteiger partial charge in [0.05, 0.1) is 18.5 Å². The second-order valence-corrected chi connectivity index (χ2v) is 7.41. The largest absolute Gasteiger partial charge is 0.368 e. The standard InChI is InChI=1S/C22H28N10O/c1-14-12-20(32-31-14)28-19-13-18(25-10-11-26-21(33)15(2)24-3)29-22(30-19)27-17-6-4-16(5-7-17)8-9-23/h4-7,12-13,15,24H,8,10-11H2,1-3H3,(H,26,33)(H4,25,27,28,29,30,31,32). The third-order valence-corrected chi connectivity index (χ3v) is 4.74. The molecule has 0 bridgehead atoms. The van der Waals surface area contributed by atoms with Gasteiger partial charge >= 0.3 is 0 Å². The van der Waals surface area contributed by atoms with E-state index in [0.29, 0.717) is 42.9 Å². The van der Waals surface area contributed by atoms with Crippen LogP contribution in [0.1, 0.15) is 18.2 Å². The molecule has 0 aliphatic carbocycles. The number of carbonyl (C=O) groups is 1. The van der Waals surface area contributed by atoms with E-state index in [2.05, 4.69) is 52.8 Å². The average Bonchev–Trinajstić information content (AvgIpc) is 3.21. The molecule has 0 aliphatic rings. The predicted octanol–water partition coefficient (Wildman–Crippen LogP) is 2.20. The lowest BCUT2D eigenvalue weighted by Crippen LogP contribution is -2.42. The number of likely N-dealkylation sites (N-methyl/N-ethyl adjacent to an activating group) is 1. The molecule has 11 nitrogen and oxygen atoms in total. The van der Waals surface area contributed by atoms with Crippen molar-refractivity contribution in [1.82, 2.24) is 30.8 Å². The van der Waals surface area contributed by atoms with Crippen molar-refractivity contribution < 1.29 is 4.79 Å². The van der Waals surface area contributed by atoms with Crippen molar-refractivity contribution in [2.24, 2.45) is 0 Å². The number of nitrogens with one attached hydrogen (secondary N) is 6. The van der Waals surface area contributed by atoms with Gasteiger partial charge in [0.15, 0.2) is 5.82 Å². The zero-order chi connectivity index (χ0) is 23.6. The van der Waals surface area contributed by atoms with Crippen LogP contribution >= 0.6 is 0 Å². The van der Waals surface area contributed by atoms with E-state index in [0.717, 1.165) is 16.9 Å². The molecule has 0 saturated heterocycles. The van der Waals surface area contributed by atoms with Gasteiger partial charge in [-0.15, -0.1) is 0 Å². The number of benzene rings is 1. The molecule has 1 aromatic carbocycles. The fraction of sp³-hybridized carbons (Fsp3) is 0.318. The van der Waals surface area contributed by atoms with Gasteiger partial charge in [-0.1, -0.05) is 12.1 Å². The highest BCUT2D eigenvalue weighted by molar-refractivity contribution is 5.81. The summed E-state index contributed by atoms with van der Waals surface area (Å²) in [6.07, 6.45) is 0.358. The van der Waals surface area contributed by atoms with E-state index in [1.807, 2.05) is 37.3 Å². The average molecular weight is 449 g/mol. The molecule has 2 heterocycles. The van der Waals surface area contributed by atoms with E-state index >= 15 is 0 Å². The SMILES string of the molecule is CNC(C)C(=O)NCCNc1cc(Nc2cc(C)[nH]n2)nc(Nc2ccc(CC#N)cc2)n1. The van der Waals surface area contributed by atoms with E-state index in [-0.39, 0.29) is 11.9 Å². The lowest BCUT2D eigenvalue weighted by atomic mass is 10.1. The van der Waals surface area contributed by atoms with E-state index in [9.17, 15) is 4.79 Å². The Kier molecular flexibility index (Phi) is 8.15. The van der Waals surface area contributed by atoms with E-state index in [4.69, 9.17) is 5.26 Å². The maximum absolute atomic E-state index is 11.9. The quantitative estimate of drug-likeness (QED) is 0.242. The van der Waals surface area contributed by atoms with E-state index in [1.165, 1.54) is 0 Å². The molecule has 1 atom stereocenters. The van der Waals surface area contributed by atoms with Crippen LogP contribution in [-0.2, 0) is 11.2 Å². The highest BCUT2D eigenvalue weighted by Gasteiger charge is 2.10. The number of amides is 1. The van der Waals surface area contributed by atoms with E-state index < -0.39 is 0 Å². The van der Waals surface area contributed by atoms with E-state index in [1.54, 1.807) is 20.0 Å². The van der Waals surface area contributed by atoms with Crippen LogP contribution in [0, 0.1) is 18.3 Å². The van der Waals surface area contributed by atoms with Crippen molar-refractivity contribution >= 4 is 35.0 Å². The van der Waals surface area contributed by atoms with Gasteiger partial charge in [0.25, 0.3) is 0 Å². The first-order valence-corrected chi connectivity index (χ1v) is 10.6. The number of hydrogen-bond donors (Lipinski definition) is 6. The normalized spacial score (nSPS) is 11.3. The van der Waals surface area contributed by atoms with Crippen molar-refractivity contribution in [3.8, 4) is 6.07 Å². The number of aromatic nitrogens is 4. The van der Waals surface area contributed by atoms with Crippen molar-refractivity contribution in [3.63, 3.8) is 0 Å². The number of carbonyl (C=O) groups excluding carboxylic acids is 1. The summed E-state index contributed by atoms with van der Waals surface area (Å²) in [4.78, 5) is 20.9. The molecule has 6 N–H and O–H groups in total. The van der Waals surface area contributed by atoms with Crippen LogP contribution in [-0.4, -0.2) is 52.3 Å². The van der Waals surface area contributed by atoms with Crippen LogP contribution in [0.2, 0.25) is 0 Å². The van der Waals surface area contributed by atoms with Gasteiger partial charge in [-0.3, -0.25) is 9.89 Å². The number of nitriles is 1. The van der Waals surface area contributed by atoms with Crippen LogP contribution in [0.4, 0.5) is 29.1 Å². The number of anilines is 5. The van der Waals surface area contributed by atoms with Gasteiger partial charge in [0.1, 0.15) is 11.6 Å². The van der Waals surface area contributed by atoms with Crippen LogP contribution in [0.25, 0.3) is 0 Å². The maximum Gasteiger partial charge on any atom is 0.236 e. The Hall–Kier alpha value is -4.17. The zero-order valence-electron chi connectivity index (χ0n) is 18.9. The van der Waals surface area contributed by atoms with Gasteiger partial charge in [-0.2, -0.15) is 20.3 Å². The smallest absolute Gasteiger partial charge is 0.236 e. The Morgan fingerprint density at radius 1 is 1.09 bits per heavy atom. The number of H-pyrrole nitrogens is 1. The minimum atomic E-state index is -0.257. The summed E-state index contributed by atoms with van der Waals surface area (Å²) < 4.78 is 0. The van der Waals surface area contributed by atoms with Gasteiger partial charge in [-0.25, -0.2) is 0 Å². The second-order valence-electron chi connectivity index (χ2n) is 7.41. The Morgan fingerprint density at radius 3 is 2.52 bits per heavy atom. The Labute approximate surface area is 192 Å². The van der Waals surface area contributed by atoms with Crippen LogP contribution in [0.3, 0.4) is 0 Å². The maximum atomic E-state index is 11.9. The van der Waals surface area contributed by atoms with Gasteiger partial charge in [-0.05, 0) is 38.6 Å². The minimum absolute atomic E-state index is 0.0690. The van der Waals surface area contributed by atoms with Crippen LogP contribution in [0.5, 0.6) is 0 Å². The molecular weight excluding hydrogens is 420 g/mol. The third-order valence-electron chi connectivity index (χ3n) is 4.74. The number of nitrogens with zero attached hydrogens (tertiary/aromatic N) is 4. The molecule has 3 rings (SSSR count). The van der Waals surface area contributed by atoms with Crippen molar-refractivity contribution in [2.75, 3.05) is 36.1 Å². The Balaban J connectivity index is 1.71. The number of rotatable bonds is 11. The molecule has 0 fully saturated rings. The first-order chi connectivity index (χ1) is 16.0. The number of aromatic amines is 1. The summed E-state index contributed by atoms with van der Waals surface area (Å²) in [5, 5.41) is 31.2. The topological polar surface area (TPSA) is 155 Å². The monoisotopic (exact) mass is 448 g/mol. The molecule has 0 radical (unpaired) electrons. The molecule has 0 saturated carbocycles. The summed E-state index contributed by atoms with van der Waals surface area (Å²) >= 11 is 0. The van der Waals surface area contributed by atoms with Crippen molar-refractivity contribution in [2.45, 2.75) is 26.3 Å². The predicted molar refractivity (Wildman–Crippen MR) is 128 cm³/mol. The number of aryl methyl sites for hydroxylation is 1. The highest BCUT2D eigenvalue weighted by atomic mass is 16.2. The van der Waals surface area contributed by atoms with Gasteiger partial charge in [0, 0.05) is 36.6 Å². The van der Waals surface area contributed by atoms with Crippen LogP contribution in [0.15, 0.2) is 36.4 Å². The fourth-order valence-electron chi connectivity index (χ4n) is 2.86. The molecule has 33 heavy (non-hydrogen) atoms. The minimum Gasteiger partial charge on any atom is -0.368 e. The highest BCUT2D eigenvalue weighted by Crippen LogP contribution is 2.21. The first-order valence-electron chi connectivity index (χ1n) is 10.6. The molecule has 11 heteroatoms. The first kappa shape index (κ1) is 23.5. The summed E-state index contributed by atoms with van der Waals surface area (Å²) in [5.41, 5.74) is 2.65. The zero-order valence-corrected chi connectivity index (χ0v) is 18.9. The lowest BCUT2D eigenvalue weighted by molar-refractivity contribution is -0.122. The molecule has 1 unspecified atom stereocenters. The van der Waals surface area contributed by atoms with Crippen molar-refractivity contribution in [1.29, 1.82) is 5.26 Å². The molecule has 0 aliphatic heterocycles. The molecule has 3 aromatic rings. The number of hydrogen-bond acceptors (Lipinski definition) is 9. The molecular formula is C22H28N10O. The Bertz CT molecular complexity index is 1100. The summed E-state index contributed by atoms with van der Waals surface area (Å²) in [6.45, 7) is 4.64. The molecule has 2 aromatic heterocycles. The fourth-order valence-corrected chi connectivity index (χ4v) is 2.86. The van der Waals surface area contributed by atoms with Gasteiger partial charge in [0.2, 0.25) is 11.9 Å². The van der Waals surface area contributed by atoms with Crippen LogP contribution < -0.4 is 26.6 Å². The lowest BCUT2D eigenvalue weighted by Gasteiger charge is -2.13. The summed E-state index contributed by atoms with van der Waals surface area (Å²) in [5.74, 6) is 2.09. The molecule has 172 valence electrons.